The molecule has 0 spiro atoms. The van der Waals surface area contributed by atoms with E-state index < -0.39 is 0 Å². The summed E-state index contributed by atoms with van der Waals surface area (Å²) in [5, 5.41) is 12.9. The van der Waals surface area contributed by atoms with Crippen molar-refractivity contribution in [2.24, 2.45) is 0 Å². The standard InChI is InChI=1S/C17H19ClN4O/c1-21(10-11-23)14-7-5-13(6-8-14)19-12-15-17(18)20-16-4-2-3-9-22(15)16/h2-9,19,23H,10-12H2,1H3. The first-order valence-electron chi connectivity index (χ1n) is 7.46. The maximum atomic E-state index is 8.98. The fourth-order valence-corrected chi connectivity index (χ4v) is 2.72. The number of hydrogen-bond donors (Lipinski definition) is 2. The second-order valence-corrected chi connectivity index (χ2v) is 5.68. The van der Waals surface area contributed by atoms with Gasteiger partial charge in [-0.3, -0.25) is 0 Å². The van der Waals surface area contributed by atoms with Crippen LogP contribution in [0.3, 0.4) is 0 Å². The normalized spacial score (nSPS) is 10.9. The third kappa shape index (κ3) is 3.41. The Morgan fingerprint density at radius 1 is 1.22 bits per heavy atom. The van der Waals surface area contributed by atoms with Crippen LogP contribution in [0.25, 0.3) is 5.65 Å². The molecule has 6 heteroatoms. The number of anilines is 2. The molecule has 3 rings (SSSR count). The highest BCUT2D eigenvalue weighted by atomic mass is 35.5. The van der Waals surface area contributed by atoms with E-state index in [2.05, 4.69) is 10.3 Å². The van der Waals surface area contributed by atoms with Crippen LogP contribution in [0.1, 0.15) is 5.69 Å². The Balaban J connectivity index is 1.71. The second-order valence-electron chi connectivity index (χ2n) is 5.32. The molecule has 5 nitrogen and oxygen atoms in total. The summed E-state index contributed by atoms with van der Waals surface area (Å²) >= 11 is 6.23. The number of nitrogens with zero attached hydrogens (tertiary/aromatic N) is 3. The van der Waals surface area contributed by atoms with Gasteiger partial charge in [-0.15, -0.1) is 0 Å². The first kappa shape index (κ1) is 15.6. The van der Waals surface area contributed by atoms with Gasteiger partial charge in [-0.2, -0.15) is 0 Å². The Hall–Kier alpha value is -2.24. The maximum Gasteiger partial charge on any atom is 0.153 e. The molecule has 1 aromatic carbocycles. The van der Waals surface area contributed by atoms with Gasteiger partial charge < -0.3 is 19.7 Å². The molecule has 0 radical (unpaired) electrons. The number of aliphatic hydroxyl groups is 1. The molecule has 0 atom stereocenters. The Labute approximate surface area is 140 Å². The Morgan fingerprint density at radius 3 is 2.74 bits per heavy atom. The number of benzene rings is 1. The first-order chi connectivity index (χ1) is 11.2. The Morgan fingerprint density at radius 2 is 2.00 bits per heavy atom. The lowest BCUT2D eigenvalue weighted by molar-refractivity contribution is 0.304. The van der Waals surface area contributed by atoms with Crippen molar-refractivity contribution >= 4 is 28.6 Å². The molecule has 120 valence electrons. The molecule has 0 saturated heterocycles. The summed E-state index contributed by atoms with van der Waals surface area (Å²) in [5.74, 6) is 0. The molecule has 0 fully saturated rings. The molecule has 0 saturated carbocycles. The first-order valence-corrected chi connectivity index (χ1v) is 7.84. The van der Waals surface area contributed by atoms with E-state index in [1.807, 2.05) is 65.0 Å². The van der Waals surface area contributed by atoms with Crippen molar-refractivity contribution in [1.82, 2.24) is 9.38 Å². The molecular weight excluding hydrogens is 312 g/mol. The van der Waals surface area contributed by atoms with Gasteiger partial charge in [0.25, 0.3) is 0 Å². The van der Waals surface area contributed by atoms with Crippen LogP contribution >= 0.6 is 11.6 Å². The van der Waals surface area contributed by atoms with Crippen molar-refractivity contribution in [3.8, 4) is 0 Å². The number of fused-ring (bicyclic) bond motifs is 1. The van der Waals surface area contributed by atoms with Crippen molar-refractivity contribution < 1.29 is 5.11 Å². The molecule has 0 aliphatic carbocycles. The number of aliphatic hydroxyl groups excluding tert-OH is 1. The van der Waals surface area contributed by atoms with Crippen molar-refractivity contribution in [3.05, 3.63) is 59.5 Å². The van der Waals surface area contributed by atoms with Crippen LogP contribution < -0.4 is 10.2 Å². The summed E-state index contributed by atoms with van der Waals surface area (Å²) in [6.07, 6.45) is 1.96. The number of rotatable bonds is 6. The molecule has 2 heterocycles. The SMILES string of the molecule is CN(CCO)c1ccc(NCc2c(Cl)nc3ccccn23)cc1. The van der Waals surface area contributed by atoms with Crippen LogP contribution in [0.4, 0.5) is 11.4 Å². The van der Waals surface area contributed by atoms with Gasteiger partial charge in [0.2, 0.25) is 0 Å². The van der Waals surface area contributed by atoms with Gasteiger partial charge in [0.1, 0.15) is 5.65 Å². The van der Waals surface area contributed by atoms with E-state index in [-0.39, 0.29) is 6.61 Å². The smallest absolute Gasteiger partial charge is 0.153 e. The summed E-state index contributed by atoms with van der Waals surface area (Å²) < 4.78 is 1.98. The van der Waals surface area contributed by atoms with Gasteiger partial charge in [0.15, 0.2) is 5.15 Å². The maximum absolute atomic E-state index is 8.98. The van der Waals surface area contributed by atoms with Crippen molar-refractivity contribution in [2.75, 3.05) is 30.4 Å². The van der Waals surface area contributed by atoms with E-state index in [0.29, 0.717) is 18.2 Å². The number of likely N-dealkylation sites (N-methyl/N-ethyl adjacent to an activating group) is 1. The lowest BCUT2D eigenvalue weighted by atomic mass is 10.2. The van der Waals surface area contributed by atoms with Crippen LogP contribution in [-0.4, -0.2) is 34.7 Å². The van der Waals surface area contributed by atoms with E-state index in [1.165, 1.54) is 0 Å². The number of pyridine rings is 1. The molecule has 0 bridgehead atoms. The molecule has 0 unspecified atom stereocenters. The zero-order valence-electron chi connectivity index (χ0n) is 12.9. The average Bonchev–Trinajstić information content (AvgIpc) is 2.89. The third-order valence-corrected chi connectivity index (χ3v) is 4.09. The van der Waals surface area contributed by atoms with Gasteiger partial charge in [-0.1, -0.05) is 17.7 Å². The van der Waals surface area contributed by atoms with Crippen molar-refractivity contribution in [3.63, 3.8) is 0 Å². The van der Waals surface area contributed by atoms with Crippen LogP contribution in [0, 0.1) is 0 Å². The predicted octanol–water partition coefficient (Wildman–Crippen LogP) is 3.03. The van der Waals surface area contributed by atoms with E-state index in [1.54, 1.807) is 0 Å². The molecule has 0 aliphatic rings. The number of aromatic nitrogens is 2. The van der Waals surface area contributed by atoms with E-state index in [9.17, 15) is 0 Å². The monoisotopic (exact) mass is 330 g/mol. The third-order valence-electron chi connectivity index (χ3n) is 3.78. The topological polar surface area (TPSA) is 52.8 Å². The van der Waals surface area contributed by atoms with Gasteiger partial charge in [-0.05, 0) is 36.4 Å². The Bertz CT molecular complexity index is 785. The largest absolute Gasteiger partial charge is 0.395 e. The zero-order chi connectivity index (χ0) is 16.2. The molecule has 3 aromatic rings. The van der Waals surface area contributed by atoms with Crippen LogP contribution in [-0.2, 0) is 6.54 Å². The molecule has 0 amide bonds. The fraction of sp³-hybridized carbons (Fsp3) is 0.235. The number of nitrogens with one attached hydrogen (secondary N) is 1. The van der Waals surface area contributed by atoms with Gasteiger partial charge in [0, 0.05) is 31.2 Å². The zero-order valence-corrected chi connectivity index (χ0v) is 13.7. The Kier molecular flexibility index (Phi) is 4.69. The number of halogens is 1. The minimum Gasteiger partial charge on any atom is -0.395 e. The molecule has 2 aromatic heterocycles. The fourth-order valence-electron chi connectivity index (χ4n) is 2.47. The van der Waals surface area contributed by atoms with Crippen LogP contribution in [0.5, 0.6) is 0 Å². The van der Waals surface area contributed by atoms with E-state index >= 15 is 0 Å². The molecule has 23 heavy (non-hydrogen) atoms. The summed E-state index contributed by atoms with van der Waals surface area (Å²) in [7, 11) is 1.96. The summed E-state index contributed by atoms with van der Waals surface area (Å²) in [6, 6.07) is 13.9. The highest BCUT2D eigenvalue weighted by Gasteiger charge is 2.09. The summed E-state index contributed by atoms with van der Waals surface area (Å²) in [4.78, 5) is 6.35. The lowest BCUT2D eigenvalue weighted by Crippen LogP contribution is -2.20. The van der Waals surface area contributed by atoms with Crippen LogP contribution in [0.2, 0.25) is 5.15 Å². The predicted molar refractivity (Wildman–Crippen MR) is 94.3 cm³/mol. The minimum atomic E-state index is 0.142. The van der Waals surface area contributed by atoms with E-state index in [0.717, 1.165) is 22.7 Å². The van der Waals surface area contributed by atoms with Crippen molar-refractivity contribution in [2.45, 2.75) is 6.54 Å². The van der Waals surface area contributed by atoms with E-state index in [4.69, 9.17) is 16.7 Å². The highest BCUT2D eigenvalue weighted by molar-refractivity contribution is 6.30. The van der Waals surface area contributed by atoms with Crippen LogP contribution in [0.15, 0.2) is 48.7 Å². The highest BCUT2D eigenvalue weighted by Crippen LogP contribution is 2.21. The second kappa shape index (κ2) is 6.89. The van der Waals surface area contributed by atoms with Crippen molar-refractivity contribution in [1.29, 1.82) is 0 Å². The summed E-state index contributed by atoms with van der Waals surface area (Å²) in [5.41, 5.74) is 3.85. The van der Waals surface area contributed by atoms with Gasteiger partial charge in [0.05, 0.1) is 18.8 Å². The van der Waals surface area contributed by atoms with Gasteiger partial charge >= 0.3 is 0 Å². The quantitative estimate of drug-likeness (QED) is 0.729. The number of imidazole rings is 1. The lowest BCUT2D eigenvalue weighted by Gasteiger charge is -2.18. The molecular formula is C17H19ClN4O. The molecule has 2 N–H and O–H groups in total. The summed E-state index contributed by atoms with van der Waals surface area (Å²) in [6.45, 7) is 1.35. The molecule has 0 aliphatic heterocycles. The average molecular weight is 331 g/mol. The minimum absolute atomic E-state index is 0.142. The van der Waals surface area contributed by atoms with Gasteiger partial charge in [-0.25, -0.2) is 4.98 Å². The number of hydrogen-bond acceptors (Lipinski definition) is 4.